The van der Waals surface area contributed by atoms with Crippen LogP contribution in [-0.4, -0.2) is 15.1 Å². The summed E-state index contributed by atoms with van der Waals surface area (Å²) < 4.78 is 5.39. The van der Waals surface area contributed by atoms with E-state index in [1.807, 2.05) is 11.4 Å². The van der Waals surface area contributed by atoms with Crippen molar-refractivity contribution >= 4 is 16.5 Å². The van der Waals surface area contributed by atoms with Crippen LogP contribution < -0.4 is 5.73 Å². The molecule has 0 saturated heterocycles. The third-order valence-corrected chi connectivity index (χ3v) is 4.80. The summed E-state index contributed by atoms with van der Waals surface area (Å²) in [4.78, 5) is 8.77. The zero-order valence-corrected chi connectivity index (χ0v) is 12.1. The van der Waals surface area contributed by atoms with Crippen LogP contribution in [0.25, 0.3) is 11.6 Å². The topological polar surface area (TPSA) is 77.8 Å². The molecule has 1 aliphatic rings. The fraction of sp³-hybridized carbons (Fsp3) is 0.267. The van der Waals surface area contributed by atoms with Crippen molar-refractivity contribution in [3.05, 3.63) is 47.1 Å². The van der Waals surface area contributed by atoms with Crippen LogP contribution in [0.4, 0.5) is 5.13 Å². The van der Waals surface area contributed by atoms with Crippen LogP contribution >= 0.6 is 11.3 Å². The van der Waals surface area contributed by atoms with Crippen LogP contribution in [0.1, 0.15) is 30.7 Å². The highest BCUT2D eigenvalue weighted by atomic mass is 32.1. The molecule has 2 aromatic heterocycles. The van der Waals surface area contributed by atoms with E-state index in [4.69, 9.17) is 10.3 Å². The number of anilines is 1. The van der Waals surface area contributed by atoms with Crippen LogP contribution in [0.15, 0.2) is 40.2 Å². The second-order valence-electron chi connectivity index (χ2n) is 5.30. The third-order valence-electron chi connectivity index (χ3n) is 4.13. The molecular formula is C15H14N4OS. The molecule has 0 spiro atoms. The average molecular weight is 298 g/mol. The second kappa shape index (κ2) is 4.66. The molecule has 1 fully saturated rings. The largest absolute Gasteiger partial charge is 0.375 e. The molecule has 1 aliphatic carbocycles. The van der Waals surface area contributed by atoms with Crippen LogP contribution in [0, 0.1) is 0 Å². The lowest BCUT2D eigenvalue weighted by molar-refractivity contribution is 0.273. The Hall–Kier alpha value is -2.21. The number of nitrogens with zero attached hydrogens (tertiary/aromatic N) is 3. The summed E-state index contributed by atoms with van der Waals surface area (Å²) in [6, 6.07) is 10.4. The zero-order valence-electron chi connectivity index (χ0n) is 11.3. The number of nitrogens with two attached hydrogens (primary N) is 1. The maximum absolute atomic E-state index is 5.65. The van der Waals surface area contributed by atoms with E-state index in [9.17, 15) is 0 Å². The molecule has 0 unspecified atom stereocenters. The normalized spacial score (nSPS) is 16.6. The standard InChI is InChI=1S/C15H14N4OS/c16-14-17-11(9-21-14)12-18-13(19-20-12)15(7-4-8-15)10-5-2-1-3-6-10/h1-3,5-6,9H,4,7-8H2,(H2,16,17). The van der Waals surface area contributed by atoms with E-state index in [0.29, 0.717) is 16.7 Å². The molecule has 2 N–H and O–H groups in total. The van der Waals surface area contributed by atoms with Gasteiger partial charge < -0.3 is 10.3 Å². The van der Waals surface area contributed by atoms with E-state index in [1.165, 1.54) is 23.3 Å². The van der Waals surface area contributed by atoms with Gasteiger partial charge in [-0.15, -0.1) is 11.3 Å². The van der Waals surface area contributed by atoms with Gasteiger partial charge in [0.25, 0.3) is 5.89 Å². The van der Waals surface area contributed by atoms with Gasteiger partial charge in [-0.1, -0.05) is 41.9 Å². The molecule has 0 radical (unpaired) electrons. The Labute approximate surface area is 125 Å². The highest BCUT2D eigenvalue weighted by molar-refractivity contribution is 7.13. The van der Waals surface area contributed by atoms with Gasteiger partial charge in [0.2, 0.25) is 0 Å². The zero-order chi connectivity index (χ0) is 14.3. The van der Waals surface area contributed by atoms with Gasteiger partial charge in [0.1, 0.15) is 5.69 Å². The summed E-state index contributed by atoms with van der Waals surface area (Å²) in [6.07, 6.45) is 3.28. The van der Waals surface area contributed by atoms with Crippen molar-refractivity contribution in [1.29, 1.82) is 0 Å². The van der Waals surface area contributed by atoms with E-state index in [1.54, 1.807) is 0 Å². The Morgan fingerprint density at radius 2 is 1.95 bits per heavy atom. The summed E-state index contributed by atoms with van der Waals surface area (Å²) in [7, 11) is 0. The Bertz CT molecular complexity index is 761. The number of benzene rings is 1. The molecule has 0 aliphatic heterocycles. The molecule has 5 nitrogen and oxygen atoms in total. The SMILES string of the molecule is Nc1nc(-c2nc(C3(c4ccccc4)CCC3)no2)cs1. The Kier molecular flexibility index (Phi) is 2.78. The van der Waals surface area contributed by atoms with Crippen molar-refractivity contribution in [2.24, 2.45) is 0 Å². The Morgan fingerprint density at radius 3 is 2.57 bits per heavy atom. The summed E-state index contributed by atoms with van der Waals surface area (Å²) in [5, 5.41) is 6.55. The van der Waals surface area contributed by atoms with Crippen LogP contribution in [0.5, 0.6) is 0 Å². The predicted molar refractivity (Wildman–Crippen MR) is 80.9 cm³/mol. The molecule has 4 rings (SSSR count). The lowest BCUT2D eigenvalue weighted by Gasteiger charge is -2.39. The summed E-state index contributed by atoms with van der Waals surface area (Å²) in [5.41, 5.74) is 7.45. The minimum atomic E-state index is -0.107. The van der Waals surface area contributed by atoms with Crippen molar-refractivity contribution in [2.75, 3.05) is 5.73 Å². The van der Waals surface area contributed by atoms with E-state index in [0.717, 1.165) is 18.7 Å². The molecule has 106 valence electrons. The van der Waals surface area contributed by atoms with Crippen molar-refractivity contribution in [3.63, 3.8) is 0 Å². The summed E-state index contributed by atoms with van der Waals surface area (Å²) >= 11 is 1.37. The molecule has 1 saturated carbocycles. The first-order valence-electron chi connectivity index (χ1n) is 6.89. The summed E-state index contributed by atoms with van der Waals surface area (Å²) in [5.74, 6) is 1.20. The molecule has 3 aromatic rings. The first kappa shape index (κ1) is 12.5. The van der Waals surface area contributed by atoms with E-state index in [-0.39, 0.29) is 5.41 Å². The molecule has 6 heteroatoms. The predicted octanol–water partition coefficient (Wildman–Crippen LogP) is 3.25. The highest BCUT2D eigenvalue weighted by Gasteiger charge is 2.44. The Morgan fingerprint density at radius 1 is 1.14 bits per heavy atom. The van der Waals surface area contributed by atoms with Gasteiger partial charge in [0, 0.05) is 5.38 Å². The van der Waals surface area contributed by atoms with Gasteiger partial charge >= 0.3 is 0 Å². The first-order valence-corrected chi connectivity index (χ1v) is 7.77. The fourth-order valence-corrected chi connectivity index (χ4v) is 3.37. The number of rotatable bonds is 3. The van der Waals surface area contributed by atoms with Crippen molar-refractivity contribution < 1.29 is 4.52 Å². The molecule has 2 heterocycles. The average Bonchev–Trinajstić information content (AvgIpc) is 3.08. The Balaban J connectivity index is 1.74. The van der Waals surface area contributed by atoms with Gasteiger partial charge in [-0.2, -0.15) is 4.98 Å². The fourth-order valence-electron chi connectivity index (χ4n) is 2.84. The number of aromatic nitrogens is 3. The minimum absolute atomic E-state index is 0.107. The van der Waals surface area contributed by atoms with Crippen LogP contribution in [0.2, 0.25) is 0 Å². The number of hydrogen-bond donors (Lipinski definition) is 1. The molecule has 0 atom stereocenters. The molecule has 1 aromatic carbocycles. The van der Waals surface area contributed by atoms with Gasteiger partial charge in [-0.05, 0) is 18.4 Å². The van der Waals surface area contributed by atoms with E-state index in [2.05, 4.69) is 39.4 Å². The summed E-state index contributed by atoms with van der Waals surface area (Å²) in [6.45, 7) is 0. The van der Waals surface area contributed by atoms with Gasteiger partial charge in [-0.3, -0.25) is 0 Å². The van der Waals surface area contributed by atoms with Gasteiger partial charge in [0.15, 0.2) is 11.0 Å². The number of thiazole rings is 1. The van der Waals surface area contributed by atoms with Crippen molar-refractivity contribution in [1.82, 2.24) is 15.1 Å². The third kappa shape index (κ3) is 1.94. The molecule has 21 heavy (non-hydrogen) atoms. The number of hydrogen-bond acceptors (Lipinski definition) is 6. The minimum Gasteiger partial charge on any atom is -0.375 e. The van der Waals surface area contributed by atoms with Crippen LogP contribution in [0.3, 0.4) is 0 Å². The lowest BCUT2D eigenvalue weighted by Crippen LogP contribution is -2.36. The lowest BCUT2D eigenvalue weighted by atomic mass is 9.64. The van der Waals surface area contributed by atoms with Gasteiger partial charge in [-0.25, -0.2) is 4.98 Å². The van der Waals surface area contributed by atoms with E-state index < -0.39 is 0 Å². The molecule has 0 bridgehead atoms. The monoisotopic (exact) mass is 298 g/mol. The van der Waals surface area contributed by atoms with Crippen molar-refractivity contribution in [3.8, 4) is 11.6 Å². The highest BCUT2D eigenvalue weighted by Crippen LogP contribution is 2.48. The first-order chi connectivity index (χ1) is 10.3. The van der Waals surface area contributed by atoms with Gasteiger partial charge in [0.05, 0.1) is 5.41 Å². The molecular weight excluding hydrogens is 284 g/mol. The molecule has 0 amide bonds. The smallest absolute Gasteiger partial charge is 0.277 e. The maximum Gasteiger partial charge on any atom is 0.277 e. The number of nitrogen functional groups attached to an aromatic ring is 1. The maximum atomic E-state index is 5.65. The second-order valence-corrected chi connectivity index (χ2v) is 6.19. The van der Waals surface area contributed by atoms with E-state index >= 15 is 0 Å². The quantitative estimate of drug-likeness (QED) is 0.803. The van der Waals surface area contributed by atoms with Crippen molar-refractivity contribution in [2.45, 2.75) is 24.7 Å². The van der Waals surface area contributed by atoms with Crippen LogP contribution in [-0.2, 0) is 5.41 Å².